The highest BCUT2D eigenvalue weighted by atomic mass is 16.8. The molecule has 6 aliphatic rings. The average Bonchev–Trinajstić information content (AvgIpc) is 3.69. The van der Waals surface area contributed by atoms with Crippen molar-refractivity contribution in [3.8, 4) is 0 Å². The van der Waals surface area contributed by atoms with Gasteiger partial charge in [0, 0.05) is 18.9 Å². The number of carboxylic acid groups (broad SMARTS) is 2. The summed E-state index contributed by atoms with van der Waals surface area (Å²) >= 11 is 0. The summed E-state index contributed by atoms with van der Waals surface area (Å²) in [6.45, 7) is 7.77. The van der Waals surface area contributed by atoms with Crippen LogP contribution in [0.1, 0.15) is 85.5 Å². The van der Waals surface area contributed by atoms with Gasteiger partial charge in [0.1, 0.15) is 11.7 Å². The Bertz CT molecular complexity index is 1310. The van der Waals surface area contributed by atoms with Gasteiger partial charge in [-0.1, -0.05) is 51.7 Å². The molecule has 12 heteroatoms. The number of esters is 1. The highest BCUT2D eigenvalue weighted by Crippen LogP contribution is 2.82. The maximum Gasteiger partial charge on any atom is 0.338 e. The molecule has 0 amide bonds. The van der Waals surface area contributed by atoms with E-state index in [1.54, 1.807) is 6.92 Å². The Morgan fingerprint density at radius 1 is 1.13 bits per heavy atom. The molecule has 0 aromatic heterocycles. The van der Waals surface area contributed by atoms with Crippen molar-refractivity contribution in [1.82, 2.24) is 0 Å². The number of aliphatic hydroxyl groups excluding tert-OH is 1. The fourth-order valence-electron chi connectivity index (χ4n) is 11.1. The van der Waals surface area contributed by atoms with Gasteiger partial charge in [-0.2, -0.15) is 0 Å². The Morgan fingerprint density at radius 2 is 1.87 bits per heavy atom. The number of hydrogen-bond acceptors (Lipinski definition) is 10. The molecule has 4 bridgehead atoms. The Labute approximate surface area is 275 Å². The van der Waals surface area contributed by atoms with Crippen LogP contribution < -0.4 is 0 Å². The van der Waals surface area contributed by atoms with E-state index in [9.17, 15) is 29.4 Å². The number of hydrogen-bond donors (Lipinski definition) is 3. The Balaban J connectivity index is 1.29. The summed E-state index contributed by atoms with van der Waals surface area (Å²) in [5, 5.41) is 32.0. The van der Waals surface area contributed by atoms with E-state index in [1.807, 2.05) is 13.8 Å². The van der Waals surface area contributed by atoms with Crippen LogP contribution in [0.3, 0.4) is 0 Å². The molecule has 2 saturated heterocycles. The zero-order valence-electron chi connectivity index (χ0n) is 28.0. The second-order valence-electron chi connectivity index (χ2n) is 15.3. The molecule has 2 heterocycles. The number of unbranched alkanes of at least 4 members (excludes halogenated alkanes) is 2. The van der Waals surface area contributed by atoms with Crippen molar-refractivity contribution >= 4 is 24.2 Å². The van der Waals surface area contributed by atoms with Crippen LogP contribution in [0.5, 0.6) is 0 Å². The molecular formula is C35H50O12. The van der Waals surface area contributed by atoms with Crippen molar-refractivity contribution < 1.29 is 58.2 Å². The fraction of sp³-hybridized carbons (Fsp3) is 0.829. The standard InChI is InChI=1S/C35H50O12/c1-18(2)24-13-21-14-32(16-36)23-12-11-19(3)22(23)15-33(21,34(24,32)31(41)42)17-44-30-27(39)35(28(43-5)20(4)45-30)46-25(29(40)47-35)9-7-6-8-10-26(37)38/h13,16,18-23,25,27-28,30,39H,6-12,14-15,17H2,1-5H3,(H,37,38)(H,41,42). The van der Waals surface area contributed by atoms with E-state index < -0.39 is 70.6 Å². The minimum atomic E-state index is -1.93. The lowest BCUT2D eigenvalue weighted by Gasteiger charge is -2.58. The third kappa shape index (κ3) is 4.64. The normalized spacial score (nSPS) is 46.5. The quantitative estimate of drug-likeness (QED) is 0.113. The fourth-order valence-corrected chi connectivity index (χ4v) is 11.1. The first-order valence-corrected chi connectivity index (χ1v) is 17.3. The molecule has 3 saturated carbocycles. The Kier molecular flexibility index (Phi) is 8.94. The van der Waals surface area contributed by atoms with E-state index in [1.165, 1.54) is 7.11 Å². The number of methoxy groups -OCH3 is 1. The maximum atomic E-state index is 13.8. The second kappa shape index (κ2) is 12.2. The molecule has 3 N–H and O–H groups in total. The SMILES string of the molecule is COC1C(C)OC(OCC23CC4C(C)CCC4C4(C=O)CC2C=C(C(C)C)C43C(=O)O)C(O)C12OC(=O)C(CCCCCC(=O)O)O2. The summed E-state index contributed by atoms with van der Waals surface area (Å²) in [5.41, 5.74) is -2.67. The predicted molar refractivity (Wildman–Crippen MR) is 164 cm³/mol. The largest absolute Gasteiger partial charge is 0.481 e. The number of rotatable bonds is 13. The van der Waals surface area contributed by atoms with Gasteiger partial charge < -0.3 is 43.8 Å². The Morgan fingerprint density at radius 3 is 2.51 bits per heavy atom. The van der Waals surface area contributed by atoms with Crippen molar-refractivity contribution in [2.75, 3.05) is 13.7 Å². The number of allylic oxidation sites excluding steroid dienone is 1. The van der Waals surface area contributed by atoms with E-state index in [0.29, 0.717) is 38.0 Å². The van der Waals surface area contributed by atoms with Gasteiger partial charge in [-0.25, -0.2) is 4.79 Å². The lowest BCUT2D eigenvalue weighted by molar-refractivity contribution is -0.386. The van der Waals surface area contributed by atoms with Gasteiger partial charge in [0.2, 0.25) is 0 Å². The Hall–Kier alpha value is -2.38. The smallest absolute Gasteiger partial charge is 0.338 e. The van der Waals surface area contributed by atoms with Crippen LogP contribution in [0, 0.1) is 45.8 Å². The van der Waals surface area contributed by atoms with Crippen LogP contribution in [-0.2, 0) is 42.9 Å². The van der Waals surface area contributed by atoms with Gasteiger partial charge in [0.25, 0.3) is 5.79 Å². The molecular weight excluding hydrogens is 612 g/mol. The molecule has 12 nitrogen and oxygen atoms in total. The first-order chi connectivity index (χ1) is 22.3. The van der Waals surface area contributed by atoms with E-state index in [-0.39, 0.29) is 43.1 Å². The zero-order valence-corrected chi connectivity index (χ0v) is 28.0. The number of ether oxygens (including phenoxy) is 5. The molecule has 0 aromatic carbocycles. The molecule has 0 radical (unpaired) electrons. The van der Waals surface area contributed by atoms with Crippen molar-refractivity contribution in [1.29, 1.82) is 0 Å². The predicted octanol–water partition coefficient (Wildman–Crippen LogP) is 3.72. The third-order valence-corrected chi connectivity index (χ3v) is 12.9. The first kappa shape index (κ1) is 34.5. The van der Waals surface area contributed by atoms with Crippen LogP contribution >= 0.6 is 0 Å². The van der Waals surface area contributed by atoms with Crippen LogP contribution in [0.4, 0.5) is 0 Å². The summed E-state index contributed by atoms with van der Waals surface area (Å²) in [6.07, 6.45) is 2.01. The number of aliphatic hydroxyl groups is 1. The van der Waals surface area contributed by atoms with E-state index in [0.717, 1.165) is 24.7 Å². The number of carbonyl (C=O) groups is 4. The molecule has 13 unspecified atom stereocenters. The van der Waals surface area contributed by atoms with E-state index in [2.05, 4.69) is 13.0 Å². The summed E-state index contributed by atoms with van der Waals surface area (Å²) in [5.74, 6) is -4.31. The van der Waals surface area contributed by atoms with Crippen LogP contribution in [0.15, 0.2) is 11.6 Å². The topological polar surface area (TPSA) is 175 Å². The highest BCUT2D eigenvalue weighted by Gasteiger charge is 2.84. The second-order valence-corrected chi connectivity index (χ2v) is 15.3. The minimum absolute atomic E-state index is 0.0266. The molecule has 6 rings (SSSR count). The van der Waals surface area contributed by atoms with Crippen molar-refractivity contribution in [3.05, 3.63) is 11.6 Å². The number of fused-ring (bicyclic) bond motifs is 2. The summed E-state index contributed by atoms with van der Waals surface area (Å²) < 4.78 is 30.3. The van der Waals surface area contributed by atoms with E-state index >= 15 is 0 Å². The highest BCUT2D eigenvalue weighted by molar-refractivity contribution is 5.90. The molecule has 47 heavy (non-hydrogen) atoms. The average molecular weight is 663 g/mol. The van der Waals surface area contributed by atoms with Gasteiger partial charge in [0.15, 0.2) is 24.6 Å². The maximum absolute atomic E-state index is 13.8. The molecule has 5 fully saturated rings. The summed E-state index contributed by atoms with van der Waals surface area (Å²) in [4.78, 5) is 51.0. The zero-order chi connectivity index (χ0) is 34.1. The third-order valence-electron chi connectivity index (χ3n) is 12.9. The summed E-state index contributed by atoms with van der Waals surface area (Å²) in [6, 6.07) is 0. The number of aldehydes is 1. The van der Waals surface area contributed by atoms with Gasteiger partial charge in [-0.15, -0.1) is 0 Å². The monoisotopic (exact) mass is 662 g/mol. The van der Waals surface area contributed by atoms with Crippen molar-refractivity contribution in [2.24, 2.45) is 45.8 Å². The van der Waals surface area contributed by atoms with Crippen molar-refractivity contribution in [3.63, 3.8) is 0 Å². The van der Waals surface area contributed by atoms with Gasteiger partial charge in [-0.05, 0) is 68.6 Å². The number of carboxylic acids is 2. The molecule has 262 valence electrons. The number of aliphatic carboxylic acids is 2. The van der Waals surface area contributed by atoms with Gasteiger partial charge >= 0.3 is 17.9 Å². The minimum Gasteiger partial charge on any atom is -0.481 e. The van der Waals surface area contributed by atoms with E-state index in [4.69, 9.17) is 28.8 Å². The van der Waals surface area contributed by atoms with Crippen LogP contribution in [-0.4, -0.2) is 89.7 Å². The molecule has 1 spiro atoms. The van der Waals surface area contributed by atoms with Crippen LogP contribution in [0.25, 0.3) is 0 Å². The lowest BCUT2D eigenvalue weighted by atomic mass is 9.43. The van der Waals surface area contributed by atoms with Crippen molar-refractivity contribution in [2.45, 2.75) is 122 Å². The molecule has 13 atom stereocenters. The molecule has 4 aliphatic carbocycles. The van der Waals surface area contributed by atoms with Crippen LogP contribution in [0.2, 0.25) is 0 Å². The van der Waals surface area contributed by atoms with Gasteiger partial charge in [0.05, 0.1) is 18.1 Å². The molecule has 2 aliphatic heterocycles. The number of carbonyl (C=O) groups excluding carboxylic acids is 2. The lowest BCUT2D eigenvalue weighted by Crippen LogP contribution is -2.68. The molecule has 0 aromatic rings. The van der Waals surface area contributed by atoms with Gasteiger partial charge in [-0.3, -0.25) is 9.59 Å². The summed E-state index contributed by atoms with van der Waals surface area (Å²) in [7, 11) is 1.40. The first-order valence-electron chi connectivity index (χ1n) is 17.3.